The fraction of sp³-hybridized carbons (Fsp3) is 0.476. The maximum absolute atomic E-state index is 10.8. The van der Waals surface area contributed by atoms with Crippen LogP contribution in [0.5, 0.6) is 5.75 Å². The second-order valence-electron chi connectivity index (χ2n) is 8.60. The lowest BCUT2D eigenvalue weighted by Crippen LogP contribution is -2.18. The summed E-state index contributed by atoms with van der Waals surface area (Å²) >= 11 is 0. The van der Waals surface area contributed by atoms with E-state index < -0.39 is 0 Å². The molecule has 0 unspecified atom stereocenters. The number of phenols is 1. The molecule has 0 atom stereocenters. The number of phenolic OH excluding ortho intramolecular Hbond substituents is 1. The Balaban J connectivity index is 2.41. The molecule has 3 nitrogen and oxygen atoms in total. The Morgan fingerprint density at radius 1 is 1.00 bits per heavy atom. The van der Waals surface area contributed by atoms with E-state index in [-0.39, 0.29) is 10.8 Å². The number of nitrogens with zero attached hydrogens (tertiary/aromatic N) is 1. The van der Waals surface area contributed by atoms with Crippen LogP contribution in [0.1, 0.15) is 63.8 Å². The number of pyridine rings is 1. The van der Waals surface area contributed by atoms with Crippen molar-refractivity contribution in [3.63, 3.8) is 0 Å². The van der Waals surface area contributed by atoms with E-state index in [9.17, 15) is 5.11 Å². The predicted molar refractivity (Wildman–Crippen MR) is 102 cm³/mol. The molecule has 0 aliphatic carbocycles. The number of hydrogen-bond donors (Lipinski definition) is 2. The molecule has 0 spiro atoms. The van der Waals surface area contributed by atoms with Crippen molar-refractivity contribution in [2.45, 2.75) is 65.8 Å². The summed E-state index contributed by atoms with van der Waals surface area (Å²) < 4.78 is 0. The Morgan fingerprint density at radius 3 is 2.21 bits per heavy atom. The molecule has 0 aliphatic heterocycles. The predicted octanol–water partition coefficient (Wildman–Crippen LogP) is 5.30. The van der Waals surface area contributed by atoms with Crippen molar-refractivity contribution in [1.82, 2.24) is 4.98 Å². The lowest BCUT2D eigenvalue weighted by atomic mass is 9.79. The van der Waals surface area contributed by atoms with Gasteiger partial charge in [-0.05, 0) is 52.6 Å². The van der Waals surface area contributed by atoms with Gasteiger partial charge in [0.15, 0.2) is 0 Å². The third-order valence-electron chi connectivity index (χ3n) is 4.24. The number of nitrogens with one attached hydrogen (secondary N) is 1. The van der Waals surface area contributed by atoms with Crippen LogP contribution in [0.15, 0.2) is 30.5 Å². The van der Waals surface area contributed by atoms with Gasteiger partial charge < -0.3 is 10.4 Å². The number of aryl methyl sites for hydroxylation is 1. The SMILES string of the molecule is Cc1ccnc(NCc2cc(C(C)(C)C)cc(C(C)(C)C)c2O)c1. The largest absolute Gasteiger partial charge is 0.507 e. The molecule has 0 radical (unpaired) electrons. The van der Waals surface area contributed by atoms with Gasteiger partial charge in [0.25, 0.3) is 0 Å². The Morgan fingerprint density at radius 2 is 1.67 bits per heavy atom. The third-order valence-corrected chi connectivity index (χ3v) is 4.24. The maximum atomic E-state index is 10.8. The molecular formula is C21H30N2O. The second-order valence-corrected chi connectivity index (χ2v) is 8.60. The number of benzene rings is 1. The zero-order valence-electron chi connectivity index (χ0n) is 16.0. The van der Waals surface area contributed by atoms with Gasteiger partial charge in [-0.15, -0.1) is 0 Å². The van der Waals surface area contributed by atoms with Gasteiger partial charge in [-0.3, -0.25) is 0 Å². The topological polar surface area (TPSA) is 45.2 Å². The molecule has 0 saturated heterocycles. The summed E-state index contributed by atoms with van der Waals surface area (Å²) in [6.45, 7) is 15.6. The van der Waals surface area contributed by atoms with Crippen LogP contribution < -0.4 is 5.32 Å². The summed E-state index contributed by atoms with van der Waals surface area (Å²) in [5, 5.41) is 14.1. The average molecular weight is 326 g/mol. The number of anilines is 1. The molecule has 0 bridgehead atoms. The number of aromatic nitrogens is 1. The maximum Gasteiger partial charge on any atom is 0.126 e. The number of aromatic hydroxyl groups is 1. The van der Waals surface area contributed by atoms with Crippen LogP contribution in [-0.2, 0) is 17.4 Å². The summed E-state index contributed by atoms with van der Waals surface area (Å²) in [5.74, 6) is 1.21. The quantitative estimate of drug-likeness (QED) is 0.804. The first-order valence-corrected chi connectivity index (χ1v) is 8.52. The summed E-state index contributed by atoms with van der Waals surface area (Å²) in [4.78, 5) is 4.33. The zero-order chi connectivity index (χ0) is 18.1. The zero-order valence-corrected chi connectivity index (χ0v) is 16.0. The summed E-state index contributed by atoms with van der Waals surface area (Å²) in [6.07, 6.45) is 1.80. The highest BCUT2D eigenvalue weighted by atomic mass is 16.3. The Bertz CT molecular complexity index is 722. The van der Waals surface area contributed by atoms with Crippen molar-refractivity contribution in [2.24, 2.45) is 0 Å². The molecule has 2 aromatic rings. The van der Waals surface area contributed by atoms with Crippen molar-refractivity contribution < 1.29 is 5.11 Å². The molecule has 130 valence electrons. The normalized spacial score (nSPS) is 12.3. The van der Waals surface area contributed by atoms with Gasteiger partial charge in [0.2, 0.25) is 0 Å². The fourth-order valence-electron chi connectivity index (χ4n) is 2.65. The number of rotatable bonds is 3. The highest BCUT2D eigenvalue weighted by Gasteiger charge is 2.24. The van der Waals surface area contributed by atoms with Crippen LogP contribution in [0.4, 0.5) is 5.82 Å². The van der Waals surface area contributed by atoms with E-state index >= 15 is 0 Å². The summed E-state index contributed by atoms with van der Waals surface area (Å²) in [6, 6.07) is 8.23. The first kappa shape index (κ1) is 18.3. The molecule has 0 saturated carbocycles. The van der Waals surface area contributed by atoms with E-state index in [2.05, 4.69) is 64.0 Å². The Kier molecular flexibility index (Phi) is 4.93. The molecule has 2 N–H and O–H groups in total. The van der Waals surface area contributed by atoms with Crippen LogP contribution in [0.25, 0.3) is 0 Å². The van der Waals surface area contributed by atoms with Gasteiger partial charge in [-0.2, -0.15) is 0 Å². The molecule has 0 fully saturated rings. The van der Waals surface area contributed by atoms with Crippen molar-refractivity contribution in [2.75, 3.05) is 5.32 Å². The molecule has 3 heteroatoms. The minimum absolute atomic E-state index is 0.0318. The van der Waals surface area contributed by atoms with Gasteiger partial charge in [0.05, 0.1) is 0 Å². The van der Waals surface area contributed by atoms with Gasteiger partial charge in [0, 0.05) is 18.3 Å². The van der Waals surface area contributed by atoms with Gasteiger partial charge in [-0.1, -0.05) is 47.6 Å². The van der Waals surface area contributed by atoms with E-state index in [1.54, 1.807) is 6.20 Å². The molecule has 0 amide bonds. The van der Waals surface area contributed by atoms with E-state index in [0.29, 0.717) is 12.3 Å². The van der Waals surface area contributed by atoms with Crippen LogP contribution >= 0.6 is 0 Å². The Hall–Kier alpha value is -2.03. The summed E-state index contributed by atoms with van der Waals surface area (Å²) in [7, 11) is 0. The minimum atomic E-state index is -0.109. The molecule has 1 aromatic heterocycles. The Labute approximate surface area is 146 Å². The number of hydrogen-bond acceptors (Lipinski definition) is 3. The minimum Gasteiger partial charge on any atom is -0.507 e. The first-order valence-electron chi connectivity index (χ1n) is 8.52. The molecule has 2 rings (SSSR count). The molecule has 24 heavy (non-hydrogen) atoms. The molecular weight excluding hydrogens is 296 g/mol. The van der Waals surface area contributed by atoms with Gasteiger partial charge >= 0.3 is 0 Å². The van der Waals surface area contributed by atoms with Crippen molar-refractivity contribution in [3.05, 3.63) is 52.7 Å². The van der Waals surface area contributed by atoms with Gasteiger partial charge in [0.1, 0.15) is 11.6 Å². The van der Waals surface area contributed by atoms with Crippen LogP contribution in [0, 0.1) is 6.92 Å². The van der Waals surface area contributed by atoms with E-state index in [1.165, 1.54) is 5.56 Å². The lowest BCUT2D eigenvalue weighted by Gasteiger charge is -2.27. The first-order chi connectivity index (χ1) is 11.0. The van der Waals surface area contributed by atoms with Crippen LogP contribution in [0.3, 0.4) is 0 Å². The smallest absolute Gasteiger partial charge is 0.126 e. The highest BCUT2D eigenvalue weighted by molar-refractivity contribution is 5.50. The highest BCUT2D eigenvalue weighted by Crippen LogP contribution is 2.37. The van der Waals surface area contributed by atoms with E-state index in [4.69, 9.17) is 0 Å². The fourth-order valence-corrected chi connectivity index (χ4v) is 2.65. The standard InChI is InChI=1S/C21H30N2O/c1-14-8-9-22-18(10-14)23-13-15-11-16(20(2,3)4)12-17(19(15)24)21(5,6)7/h8-12,24H,13H2,1-7H3,(H,22,23). The monoisotopic (exact) mass is 326 g/mol. The van der Waals surface area contributed by atoms with Crippen molar-refractivity contribution >= 4 is 5.82 Å². The third kappa shape index (κ3) is 4.28. The summed E-state index contributed by atoms with van der Waals surface area (Å²) in [5.41, 5.74) is 4.22. The molecule has 1 aromatic carbocycles. The van der Waals surface area contributed by atoms with E-state index in [0.717, 1.165) is 22.5 Å². The van der Waals surface area contributed by atoms with Gasteiger partial charge in [-0.25, -0.2) is 4.98 Å². The van der Waals surface area contributed by atoms with Crippen LogP contribution in [0.2, 0.25) is 0 Å². The molecule has 0 aliphatic rings. The lowest BCUT2D eigenvalue weighted by molar-refractivity contribution is 0.439. The average Bonchev–Trinajstić information content (AvgIpc) is 2.43. The molecule has 1 heterocycles. The van der Waals surface area contributed by atoms with Crippen LogP contribution in [-0.4, -0.2) is 10.1 Å². The van der Waals surface area contributed by atoms with Crippen molar-refractivity contribution in [3.8, 4) is 5.75 Å². The second kappa shape index (κ2) is 6.46. The van der Waals surface area contributed by atoms with E-state index in [1.807, 2.05) is 19.1 Å². The van der Waals surface area contributed by atoms with Crippen molar-refractivity contribution in [1.29, 1.82) is 0 Å².